The summed E-state index contributed by atoms with van der Waals surface area (Å²) in [4.78, 5) is 8.90. The van der Waals surface area contributed by atoms with E-state index in [4.69, 9.17) is 15.9 Å². The Morgan fingerprint density at radius 3 is 2.77 bits per heavy atom. The molecule has 1 saturated heterocycles. The van der Waals surface area contributed by atoms with Crippen LogP contribution in [0.25, 0.3) is 10.9 Å². The van der Waals surface area contributed by atoms with Gasteiger partial charge in [-0.1, -0.05) is 23.9 Å². The van der Waals surface area contributed by atoms with Gasteiger partial charge in [0, 0.05) is 35.8 Å². The molecule has 0 unspecified atom stereocenters. The lowest BCUT2D eigenvalue weighted by Crippen LogP contribution is -2.34. The number of nitrogens with one attached hydrogen (secondary N) is 1. The molecule has 1 aromatic heterocycles. The number of rotatable bonds is 7. The molecule has 7 heteroatoms. The Morgan fingerprint density at radius 1 is 1.19 bits per heavy atom. The molecule has 160 valence electrons. The van der Waals surface area contributed by atoms with E-state index in [-0.39, 0.29) is 6.10 Å². The number of terminal acetylenes is 1. The number of benzene rings is 2. The molecule has 0 aliphatic carbocycles. The molecule has 1 aliphatic rings. The van der Waals surface area contributed by atoms with Crippen molar-refractivity contribution in [3.05, 3.63) is 48.3 Å². The summed E-state index contributed by atoms with van der Waals surface area (Å²) in [6.07, 6.45) is 11.3. The minimum Gasteiger partial charge on any atom is -0.490 e. The minimum atomic E-state index is 0.161. The third-order valence-electron chi connectivity index (χ3n) is 5.25. The van der Waals surface area contributed by atoms with Gasteiger partial charge in [-0.2, -0.15) is 0 Å². The molecule has 0 spiro atoms. The molecule has 1 aliphatic heterocycles. The molecule has 6 nitrogen and oxygen atoms in total. The highest BCUT2D eigenvalue weighted by atomic mass is 32.2. The first-order chi connectivity index (χ1) is 15.2. The van der Waals surface area contributed by atoms with Crippen LogP contribution in [0.5, 0.6) is 11.5 Å². The lowest BCUT2D eigenvalue weighted by Gasteiger charge is -2.30. The van der Waals surface area contributed by atoms with Gasteiger partial charge in [-0.05, 0) is 50.3 Å². The van der Waals surface area contributed by atoms with Crippen molar-refractivity contribution in [3.8, 4) is 23.8 Å². The standard InChI is InChI=1S/C24H26N4O2S/c1-4-17-7-6-8-18(13-17)27-24-20-14-23(30-19-9-11-28(31-3)12-10-19)22(29-5-2)15-21(20)25-16-26-24/h1,6-8,13-16,19H,5,9-12H2,2-3H3,(H,25,26,27). The molecule has 0 saturated carbocycles. The van der Waals surface area contributed by atoms with Gasteiger partial charge < -0.3 is 14.8 Å². The van der Waals surface area contributed by atoms with Crippen LogP contribution in [0.15, 0.2) is 42.7 Å². The summed E-state index contributed by atoms with van der Waals surface area (Å²) < 4.78 is 14.7. The second-order valence-corrected chi connectivity index (χ2v) is 8.13. The Hall–Kier alpha value is -2.95. The number of hydrogen-bond donors (Lipinski definition) is 1. The molecule has 0 bridgehead atoms. The SMILES string of the molecule is C#Cc1cccc(Nc2ncnc3cc(OCC)c(OC4CCN(SC)CC4)cc23)c1. The Labute approximate surface area is 187 Å². The molecule has 31 heavy (non-hydrogen) atoms. The quantitative estimate of drug-likeness (QED) is 0.420. The number of piperidine rings is 1. The normalized spacial score (nSPS) is 14.9. The molecule has 1 N–H and O–H groups in total. The molecule has 4 rings (SSSR count). The smallest absolute Gasteiger partial charge is 0.163 e. The topological polar surface area (TPSA) is 59.5 Å². The number of nitrogens with zero attached hydrogens (tertiary/aromatic N) is 3. The van der Waals surface area contributed by atoms with Crippen molar-refractivity contribution >= 4 is 34.4 Å². The zero-order valence-electron chi connectivity index (χ0n) is 17.8. The van der Waals surface area contributed by atoms with Gasteiger partial charge in [-0.25, -0.2) is 9.97 Å². The summed E-state index contributed by atoms with van der Waals surface area (Å²) in [5.74, 6) is 4.80. The second-order valence-electron chi connectivity index (χ2n) is 7.25. The summed E-state index contributed by atoms with van der Waals surface area (Å²) in [5, 5.41) is 4.23. The van der Waals surface area contributed by atoms with Gasteiger partial charge in [0.25, 0.3) is 0 Å². The molecule has 2 aromatic carbocycles. The number of hydrogen-bond acceptors (Lipinski definition) is 7. The highest BCUT2D eigenvalue weighted by Gasteiger charge is 2.22. The zero-order valence-corrected chi connectivity index (χ0v) is 18.6. The fourth-order valence-corrected chi connectivity index (χ4v) is 4.24. The predicted molar refractivity (Wildman–Crippen MR) is 127 cm³/mol. The van der Waals surface area contributed by atoms with E-state index in [1.54, 1.807) is 18.3 Å². The molecule has 0 amide bonds. The van der Waals surface area contributed by atoms with E-state index >= 15 is 0 Å². The summed E-state index contributed by atoms with van der Waals surface area (Å²) in [6, 6.07) is 11.6. The van der Waals surface area contributed by atoms with Crippen molar-refractivity contribution in [1.29, 1.82) is 0 Å². The van der Waals surface area contributed by atoms with Gasteiger partial charge in [0.05, 0.1) is 12.1 Å². The first kappa shape index (κ1) is 21.3. The Bertz CT molecular complexity index is 1090. The summed E-state index contributed by atoms with van der Waals surface area (Å²) in [6.45, 7) is 4.56. The van der Waals surface area contributed by atoms with Crippen molar-refractivity contribution in [1.82, 2.24) is 14.3 Å². The van der Waals surface area contributed by atoms with Crippen LogP contribution >= 0.6 is 11.9 Å². The Kier molecular flexibility index (Phi) is 6.80. The summed E-state index contributed by atoms with van der Waals surface area (Å²) >= 11 is 1.79. The van der Waals surface area contributed by atoms with Crippen LogP contribution in [-0.2, 0) is 0 Å². The molecular formula is C24H26N4O2S. The number of ether oxygens (including phenoxy) is 2. The van der Waals surface area contributed by atoms with Crippen LogP contribution in [0.3, 0.4) is 0 Å². The van der Waals surface area contributed by atoms with Crippen LogP contribution in [0.4, 0.5) is 11.5 Å². The van der Waals surface area contributed by atoms with Crippen LogP contribution < -0.4 is 14.8 Å². The van der Waals surface area contributed by atoms with Gasteiger partial charge in [0.1, 0.15) is 18.2 Å². The number of aromatic nitrogens is 2. The van der Waals surface area contributed by atoms with E-state index in [1.807, 2.05) is 43.3 Å². The van der Waals surface area contributed by atoms with Crippen molar-refractivity contribution in [2.45, 2.75) is 25.9 Å². The molecular weight excluding hydrogens is 408 g/mol. The van der Waals surface area contributed by atoms with Crippen molar-refractivity contribution < 1.29 is 9.47 Å². The lowest BCUT2D eigenvalue weighted by atomic mass is 10.1. The number of anilines is 2. The summed E-state index contributed by atoms with van der Waals surface area (Å²) in [7, 11) is 0. The van der Waals surface area contributed by atoms with Crippen molar-refractivity contribution in [2.75, 3.05) is 31.3 Å². The van der Waals surface area contributed by atoms with Crippen LogP contribution in [0.2, 0.25) is 0 Å². The second kappa shape index (κ2) is 9.90. The molecule has 0 radical (unpaired) electrons. The fourth-order valence-electron chi connectivity index (χ4n) is 3.66. The van der Waals surface area contributed by atoms with Crippen molar-refractivity contribution in [3.63, 3.8) is 0 Å². The molecule has 2 heterocycles. The monoisotopic (exact) mass is 434 g/mol. The van der Waals surface area contributed by atoms with Crippen LogP contribution in [-0.4, -0.2) is 46.3 Å². The lowest BCUT2D eigenvalue weighted by molar-refractivity contribution is 0.133. The van der Waals surface area contributed by atoms with Gasteiger partial charge in [-0.15, -0.1) is 6.42 Å². The van der Waals surface area contributed by atoms with Crippen LogP contribution in [0.1, 0.15) is 25.3 Å². The van der Waals surface area contributed by atoms with E-state index in [2.05, 4.69) is 31.8 Å². The van der Waals surface area contributed by atoms with Gasteiger partial charge in [-0.3, -0.25) is 4.31 Å². The van der Waals surface area contributed by atoms with Crippen LogP contribution in [0, 0.1) is 12.3 Å². The van der Waals surface area contributed by atoms with E-state index in [9.17, 15) is 0 Å². The summed E-state index contributed by atoms with van der Waals surface area (Å²) in [5.41, 5.74) is 2.47. The van der Waals surface area contributed by atoms with E-state index in [0.29, 0.717) is 18.2 Å². The average Bonchev–Trinajstić information content (AvgIpc) is 2.80. The molecule has 1 fully saturated rings. The number of fused-ring (bicyclic) bond motifs is 1. The van der Waals surface area contributed by atoms with E-state index in [1.165, 1.54) is 0 Å². The zero-order chi connectivity index (χ0) is 21.6. The Morgan fingerprint density at radius 2 is 2.03 bits per heavy atom. The van der Waals surface area contributed by atoms with E-state index in [0.717, 1.165) is 53.8 Å². The third-order valence-corrected chi connectivity index (χ3v) is 6.13. The maximum atomic E-state index is 6.41. The largest absolute Gasteiger partial charge is 0.490 e. The van der Waals surface area contributed by atoms with Gasteiger partial charge >= 0.3 is 0 Å². The molecule has 0 atom stereocenters. The minimum absolute atomic E-state index is 0.161. The predicted octanol–water partition coefficient (Wildman–Crippen LogP) is 4.87. The van der Waals surface area contributed by atoms with E-state index < -0.39 is 0 Å². The van der Waals surface area contributed by atoms with Gasteiger partial charge in [0.2, 0.25) is 0 Å². The highest BCUT2D eigenvalue weighted by Crippen LogP contribution is 2.36. The maximum absolute atomic E-state index is 6.41. The highest BCUT2D eigenvalue weighted by molar-refractivity contribution is 7.96. The maximum Gasteiger partial charge on any atom is 0.163 e. The first-order valence-electron chi connectivity index (χ1n) is 10.4. The average molecular weight is 435 g/mol. The first-order valence-corrected chi connectivity index (χ1v) is 11.6. The molecule has 3 aromatic rings. The van der Waals surface area contributed by atoms with Crippen molar-refractivity contribution in [2.24, 2.45) is 0 Å². The third kappa shape index (κ3) is 5.04. The fraction of sp³-hybridized carbons (Fsp3) is 0.333. The van der Waals surface area contributed by atoms with Gasteiger partial charge in [0.15, 0.2) is 11.5 Å². The Balaban J connectivity index is 1.66.